The van der Waals surface area contributed by atoms with Gasteiger partial charge in [-0.2, -0.15) is 13.2 Å². The van der Waals surface area contributed by atoms with E-state index in [0.29, 0.717) is 29.5 Å². The van der Waals surface area contributed by atoms with Crippen molar-refractivity contribution in [2.24, 2.45) is 5.73 Å². The number of halogens is 3. The molecule has 0 bridgehead atoms. The number of aromatic hydroxyl groups is 1. The molecule has 28 heteroatoms. The van der Waals surface area contributed by atoms with Gasteiger partial charge in [0.25, 0.3) is 11.8 Å². The number of hydrogen-bond donors (Lipinski definition) is 13. The first kappa shape index (κ1) is 68.6. The maximum atomic E-state index is 14.4. The van der Waals surface area contributed by atoms with Crippen molar-refractivity contribution >= 4 is 76.0 Å². The molecule has 14 N–H and O–H groups in total. The highest BCUT2D eigenvalue weighted by atomic mass is 19.4. The van der Waals surface area contributed by atoms with Crippen LogP contribution in [0.3, 0.4) is 0 Å². The number of aromatic amines is 1. The Kier molecular flexibility index (Phi) is 26.7. The standard InChI is InChI=1S/C56H69N11O12.C2HF3O2/c1-5-6-20-43(63-53(76)45(61-34(3)68)29-38-31-58-42-21-14-13-19-40(38)42)52(75)64-46(30-49(71)72)56(79)67(4)47(28-36-17-11-8-12-18-36)55(78)66-65-54(77)44(27-35-15-9-7-10-16-35)62-48(70)32-59-50(73)33(2)60-51(74)41(57)26-37-22-24-39(69)25-23-37;3-2(4,5)1(6)7/h7-19,21-25,31,33,41,43-47,58,69H,5-6,20,26-30,32,57H2,1-4H3,(H,59,73)(H,60,74)(H,61,68)(H,62,70)(H,63,76)(H,64,75)(H,65,77)(H,66,78)(H,71,72);(H,6,7)/t33-,41+,43+,44+,45+,46+,47+;/m1./s1. The number of nitrogens with one attached hydrogen (secondary N) is 9. The minimum Gasteiger partial charge on any atom is -0.508 e. The van der Waals surface area contributed by atoms with Crippen LogP contribution in [0.5, 0.6) is 5.75 Å². The molecule has 9 amide bonds. The van der Waals surface area contributed by atoms with Crippen molar-refractivity contribution < 1.29 is 81.2 Å². The van der Waals surface area contributed by atoms with Gasteiger partial charge in [-0.3, -0.25) is 58.8 Å². The Balaban J connectivity index is 0.00000212. The summed E-state index contributed by atoms with van der Waals surface area (Å²) in [5.74, 6) is -11.3. The van der Waals surface area contributed by atoms with E-state index in [2.05, 4.69) is 47.7 Å². The molecule has 0 radical (unpaired) electrons. The molecular formula is C58H70F3N11O14. The van der Waals surface area contributed by atoms with Gasteiger partial charge in [0.05, 0.1) is 19.0 Å². The number of hydrazine groups is 1. The van der Waals surface area contributed by atoms with Gasteiger partial charge in [0.2, 0.25) is 41.4 Å². The number of carboxylic acids is 2. The lowest BCUT2D eigenvalue weighted by Gasteiger charge is -2.31. The van der Waals surface area contributed by atoms with Gasteiger partial charge in [-0.1, -0.05) is 111 Å². The molecular weight excluding hydrogens is 1130 g/mol. The van der Waals surface area contributed by atoms with Crippen LogP contribution in [0.2, 0.25) is 0 Å². The number of rotatable bonds is 28. The number of aromatic nitrogens is 1. The van der Waals surface area contributed by atoms with Gasteiger partial charge in [0.15, 0.2) is 0 Å². The van der Waals surface area contributed by atoms with Crippen LogP contribution < -0.4 is 48.5 Å². The Hall–Kier alpha value is -9.86. The van der Waals surface area contributed by atoms with Crippen molar-refractivity contribution in [1.29, 1.82) is 0 Å². The van der Waals surface area contributed by atoms with Gasteiger partial charge in [-0.15, -0.1) is 0 Å². The number of unbranched alkanes of at least 4 members (excludes halogenated alkanes) is 1. The zero-order valence-electron chi connectivity index (χ0n) is 47.4. The van der Waals surface area contributed by atoms with Gasteiger partial charge >= 0.3 is 18.1 Å². The van der Waals surface area contributed by atoms with E-state index in [1.54, 1.807) is 79.0 Å². The first-order valence-corrected chi connectivity index (χ1v) is 27.0. The van der Waals surface area contributed by atoms with E-state index in [-0.39, 0.29) is 37.9 Å². The van der Waals surface area contributed by atoms with Crippen LogP contribution in [-0.2, 0) is 78.4 Å². The number of carbonyl (C=O) groups is 11. The third kappa shape index (κ3) is 22.7. The molecule has 7 atom stereocenters. The monoisotopic (exact) mass is 1200 g/mol. The maximum absolute atomic E-state index is 14.4. The maximum Gasteiger partial charge on any atom is 0.490 e. The lowest BCUT2D eigenvalue weighted by molar-refractivity contribution is -0.192. The molecule has 0 saturated carbocycles. The summed E-state index contributed by atoms with van der Waals surface area (Å²) in [7, 11) is 1.22. The summed E-state index contributed by atoms with van der Waals surface area (Å²) in [6, 6.07) is 21.3. The van der Waals surface area contributed by atoms with Crippen molar-refractivity contribution in [2.45, 2.75) is 121 Å². The lowest BCUT2D eigenvalue weighted by atomic mass is 10.0. The summed E-state index contributed by atoms with van der Waals surface area (Å²) in [5.41, 5.74) is 14.0. The molecule has 86 heavy (non-hydrogen) atoms. The number of nitrogens with two attached hydrogens (primary N) is 1. The molecule has 1 heterocycles. The molecule has 0 aliphatic rings. The van der Waals surface area contributed by atoms with Gasteiger partial charge in [-0.05, 0) is 60.2 Å². The van der Waals surface area contributed by atoms with E-state index in [4.69, 9.17) is 15.6 Å². The van der Waals surface area contributed by atoms with Crippen LogP contribution >= 0.6 is 0 Å². The quantitative estimate of drug-likeness (QED) is 0.0314. The van der Waals surface area contributed by atoms with E-state index in [1.165, 1.54) is 33.0 Å². The number of aliphatic carboxylic acids is 2. The molecule has 0 spiro atoms. The minimum absolute atomic E-state index is 0.0434. The normalized spacial score (nSPS) is 13.4. The SMILES string of the molecule is CCCC[C@H](NC(=O)[C@H](Cc1c[nH]c2ccccc12)NC(C)=O)C(=O)N[C@@H](CC(=O)O)C(=O)N(C)[C@@H](Cc1ccccc1)C(=O)NNC(=O)[C@H](Cc1ccccc1)NC(=O)CNC(=O)[C@@H](C)NC(=O)[C@@H](N)Cc1ccc(O)cc1.O=C(O)C(F)(F)F. The van der Waals surface area contributed by atoms with E-state index < -0.39 is 127 Å². The van der Waals surface area contributed by atoms with Crippen molar-refractivity contribution in [3.8, 4) is 5.75 Å². The Morgan fingerprint density at radius 1 is 0.616 bits per heavy atom. The summed E-state index contributed by atoms with van der Waals surface area (Å²) in [6.45, 7) is 3.87. The predicted molar refractivity (Wildman–Crippen MR) is 304 cm³/mol. The molecule has 25 nitrogen and oxygen atoms in total. The highest BCUT2D eigenvalue weighted by molar-refractivity contribution is 5.98. The van der Waals surface area contributed by atoms with Crippen LogP contribution in [0, 0.1) is 0 Å². The second kappa shape index (κ2) is 33.4. The van der Waals surface area contributed by atoms with Crippen molar-refractivity contribution in [2.75, 3.05) is 13.6 Å². The summed E-state index contributed by atoms with van der Waals surface area (Å²) in [4.78, 5) is 147. The summed E-state index contributed by atoms with van der Waals surface area (Å²) < 4.78 is 31.7. The Labute approximate surface area is 491 Å². The number of carboxylic acid groups (broad SMARTS) is 2. The first-order chi connectivity index (χ1) is 40.7. The predicted octanol–water partition coefficient (Wildman–Crippen LogP) is 1.32. The lowest BCUT2D eigenvalue weighted by Crippen LogP contribution is -2.61. The van der Waals surface area contributed by atoms with E-state index in [0.717, 1.165) is 21.4 Å². The van der Waals surface area contributed by atoms with Crippen molar-refractivity contribution in [1.82, 2.24) is 52.6 Å². The molecule has 0 aliphatic heterocycles. The van der Waals surface area contributed by atoms with Gasteiger partial charge < -0.3 is 62.8 Å². The Morgan fingerprint density at radius 3 is 1.73 bits per heavy atom. The Morgan fingerprint density at radius 2 is 1.15 bits per heavy atom. The fraction of sp³-hybridized carbons (Fsp3) is 0.362. The molecule has 1 aromatic heterocycles. The number of amides is 9. The molecule has 5 aromatic rings. The van der Waals surface area contributed by atoms with Crippen LogP contribution in [0.4, 0.5) is 13.2 Å². The van der Waals surface area contributed by atoms with Crippen LogP contribution in [-0.4, -0.2) is 152 Å². The minimum atomic E-state index is -5.08. The zero-order chi connectivity index (χ0) is 63.7. The number of H-pyrrole nitrogens is 1. The van der Waals surface area contributed by atoms with Crippen molar-refractivity contribution in [3.05, 3.63) is 138 Å². The second-order valence-corrected chi connectivity index (χ2v) is 19.9. The highest BCUT2D eigenvalue weighted by Gasteiger charge is 2.39. The van der Waals surface area contributed by atoms with Crippen LogP contribution in [0.15, 0.2) is 115 Å². The zero-order valence-corrected chi connectivity index (χ0v) is 47.4. The Bertz CT molecular complexity index is 3150. The number of alkyl halides is 3. The number of hydrogen-bond acceptors (Lipinski definition) is 13. The van der Waals surface area contributed by atoms with Crippen molar-refractivity contribution in [3.63, 3.8) is 0 Å². The van der Waals surface area contributed by atoms with Crippen LogP contribution in [0.1, 0.15) is 68.7 Å². The molecule has 0 fully saturated rings. The number of benzene rings is 4. The van der Waals surface area contributed by atoms with E-state index >= 15 is 0 Å². The molecule has 5 rings (SSSR count). The number of phenolic OH excluding ortho intramolecular Hbond substituents is 1. The number of fused-ring (bicyclic) bond motifs is 1. The first-order valence-electron chi connectivity index (χ1n) is 27.0. The third-order valence-corrected chi connectivity index (χ3v) is 13.0. The van der Waals surface area contributed by atoms with Gasteiger partial charge in [0.1, 0.15) is 42.0 Å². The molecule has 0 unspecified atom stereocenters. The number of nitrogens with zero attached hydrogens (tertiary/aromatic N) is 1. The average molecular weight is 1200 g/mol. The number of para-hydroxylation sites is 1. The van der Waals surface area contributed by atoms with Gasteiger partial charge in [-0.25, -0.2) is 4.79 Å². The second-order valence-electron chi connectivity index (χ2n) is 19.9. The molecule has 0 saturated heterocycles. The topological polar surface area (TPSA) is 390 Å². The fourth-order valence-electron chi connectivity index (χ4n) is 8.50. The molecule has 0 aliphatic carbocycles. The smallest absolute Gasteiger partial charge is 0.490 e. The highest BCUT2D eigenvalue weighted by Crippen LogP contribution is 2.20. The summed E-state index contributed by atoms with van der Waals surface area (Å²) >= 11 is 0. The van der Waals surface area contributed by atoms with E-state index in [9.17, 15) is 71.3 Å². The molecule has 4 aromatic carbocycles. The average Bonchev–Trinajstić information content (AvgIpc) is 2.89. The van der Waals surface area contributed by atoms with Crippen LogP contribution in [0.25, 0.3) is 10.9 Å². The number of phenols is 1. The van der Waals surface area contributed by atoms with Gasteiger partial charge in [0, 0.05) is 50.3 Å². The van der Waals surface area contributed by atoms with E-state index in [1.807, 2.05) is 31.2 Å². The fourth-order valence-corrected chi connectivity index (χ4v) is 8.50. The number of carbonyl (C=O) groups excluding carboxylic acids is 9. The summed E-state index contributed by atoms with van der Waals surface area (Å²) in [5, 5.41) is 42.8. The molecule has 462 valence electrons. The largest absolute Gasteiger partial charge is 0.508 e. The summed E-state index contributed by atoms with van der Waals surface area (Å²) in [6.07, 6.45) is -3.27. The third-order valence-electron chi connectivity index (χ3n) is 13.0. The number of likely N-dealkylation sites (N-methyl/N-ethyl adjacent to an activating group) is 1.